The van der Waals surface area contributed by atoms with Crippen LogP contribution in [0.3, 0.4) is 0 Å². The van der Waals surface area contributed by atoms with Crippen molar-refractivity contribution in [3.63, 3.8) is 0 Å². The summed E-state index contributed by atoms with van der Waals surface area (Å²) in [5.41, 5.74) is 1.98. The molecule has 2 aromatic heterocycles. The van der Waals surface area contributed by atoms with Gasteiger partial charge in [0.15, 0.2) is 5.78 Å². The number of carbonyl (C=O) groups is 1. The summed E-state index contributed by atoms with van der Waals surface area (Å²) in [5, 5.41) is 7.44. The predicted molar refractivity (Wildman–Crippen MR) is 77.9 cm³/mol. The number of piperidine rings is 1. The molecule has 4 heteroatoms. The summed E-state index contributed by atoms with van der Waals surface area (Å²) in [6.45, 7) is 2.09. The first-order valence-corrected chi connectivity index (χ1v) is 7.71. The lowest BCUT2D eigenvalue weighted by molar-refractivity contribution is 0.0980. The highest BCUT2D eigenvalue weighted by Crippen LogP contribution is 2.22. The fourth-order valence-electron chi connectivity index (χ4n) is 2.70. The molecular formula is C15H18N2OS. The number of aromatic nitrogens is 1. The molecule has 3 rings (SSSR count). The molecule has 3 heterocycles. The van der Waals surface area contributed by atoms with Crippen molar-refractivity contribution in [2.75, 3.05) is 13.1 Å². The van der Waals surface area contributed by atoms with E-state index in [1.165, 1.54) is 0 Å². The molecule has 0 radical (unpaired) electrons. The van der Waals surface area contributed by atoms with E-state index in [1.54, 1.807) is 11.3 Å². The number of ketones is 1. The summed E-state index contributed by atoms with van der Waals surface area (Å²) in [6, 6.07) is 6.44. The summed E-state index contributed by atoms with van der Waals surface area (Å²) in [5.74, 6) is 0.224. The van der Waals surface area contributed by atoms with E-state index in [2.05, 4.69) is 21.5 Å². The van der Waals surface area contributed by atoms with Gasteiger partial charge < -0.3 is 9.88 Å². The molecule has 0 saturated carbocycles. The molecule has 0 amide bonds. The van der Waals surface area contributed by atoms with Gasteiger partial charge in [0, 0.05) is 18.7 Å². The number of hydrogen-bond acceptors (Lipinski definition) is 3. The summed E-state index contributed by atoms with van der Waals surface area (Å²) in [6.07, 6.45) is 4.77. The number of nitrogens with zero attached hydrogens (tertiary/aromatic N) is 1. The third-order valence-electron chi connectivity index (χ3n) is 3.71. The van der Waals surface area contributed by atoms with E-state index in [4.69, 9.17) is 0 Å². The number of rotatable bonds is 4. The number of hydrogen-bond donors (Lipinski definition) is 1. The first-order chi connectivity index (χ1) is 9.34. The number of nitrogens with one attached hydrogen (secondary N) is 1. The van der Waals surface area contributed by atoms with Gasteiger partial charge in [-0.2, -0.15) is 11.3 Å². The second-order valence-electron chi connectivity index (χ2n) is 5.01. The van der Waals surface area contributed by atoms with E-state index in [1.807, 2.05) is 23.6 Å². The fraction of sp³-hybridized carbons (Fsp3) is 0.400. The van der Waals surface area contributed by atoms with Crippen molar-refractivity contribution in [3.8, 4) is 0 Å². The second-order valence-corrected chi connectivity index (χ2v) is 5.79. The largest absolute Gasteiger partial charge is 0.342 e. The summed E-state index contributed by atoms with van der Waals surface area (Å²) < 4.78 is 2.18. The Bertz CT molecular complexity index is 538. The monoisotopic (exact) mass is 274 g/mol. The highest BCUT2D eigenvalue weighted by Gasteiger charge is 2.19. The van der Waals surface area contributed by atoms with Gasteiger partial charge in [0.25, 0.3) is 0 Å². The normalized spacial score (nSPS) is 16.6. The van der Waals surface area contributed by atoms with Crippen molar-refractivity contribution in [1.29, 1.82) is 0 Å². The maximum absolute atomic E-state index is 12.4. The molecule has 0 aliphatic carbocycles. The van der Waals surface area contributed by atoms with Crippen LogP contribution in [0.1, 0.15) is 34.9 Å². The van der Waals surface area contributed by atoms with Crippen molar-refractivity contribution >= 4 is 17.1 Å². The molecule has 0 unspecified atom stereocenters. The molecule has 0 aromatic carbocycles. The van der Waals surface area contributed by atoms with Crippen LogP contribution in [0, 0.1) is 0 Å². The first kappa shape index (κ1) is 12.6. The molecule has 3 nitrogen and oxygen atoms in total. The zero-order valence-corrected chi connectivity index (χ0v) is 11.7. The van der Waals surface area contributed by atoms with Gasteiger partial charge >= 0.3 is 0 Å². The van der Waals surface area contributed by atoms with Crippen LogP contribution in [0.15, 0.2) is 35.2 Å². The van der Waals surface area contributed by atoms with Crippen molar-refractivity contribution in [1.82, 2.24) is 9.88 Å². The molecule has 0 bridgehead atoms. The topological polar surface area (TPSA) is 34.0 Å². The quantitative estimate of drug-likeness (QED) is 0.870. The molecule has 1 aliphatic rings. The van der Waals surface area contributed by atoms with Gasteiger partial charge in [0.1, 0.15) is 0 Å². The zero-order valence-electron chi connectivity index (χ0n) is 10.8. The van der Waals surface area contributed by atoms with Crippen molar-refractivity contribution in [2.24, 2.45) is 0 Å². The van der Waals surface area contributed by atoms with Crippen LogP contribution >= 0.6 is 11.3 Å². The number of thiophene rings is 1. The van der Waals surface area contributed by atoms with Crippen LogP contribution in [0.2, 0.25) is 0 Å². The minimum absolute atomic E-state index is 0.224. The standard InChI is InChI=1S/C15H18N2OS/c18-15(10-12-5-9-19-11-12)14-2-1-8-17(14)13-3-6-16-7-4-13/h1-2,5,8-9,11,13,16H,3-4,6-7,10H2. The second kappa shape index (κ2) is 5.72. The molecule has 0 atom stereocenters. The summed E-state index contributed by atoms with van der Waals surface area (Å²) in [4.78, 5) is 12.4. The average molecular weight is 274 g/mol. The van der Waals surface area contributed by atoms with Crippen LogP contribution in [0.5, 0.6) is 0 Å². The third-order valence-corrected chi connectivity index (χ3v) is 4.44. The third kappa shape index (κ3) is 2.80. The SMILES string of the molecule is O=C(Cc1ccsc1)c1cccn1C1CCNCC1. The van der Waals surface area contributed by atoms with Crippen LogP contribution in [-0.4, -0.2) is 23.4 Å². The van der Waals surface area contributed by atoms with Crippen LogP contribution in [-0.2, 0) is 6.42 Å². The Balaban J connectivity index is 1.77. The molecule has 0 spiro atoms. The maximum Gasteiger partial charge on any atom is 0.183 e. The van der Waals surface area contributed by atoms with Crippen molar-refractivity contribution < 1.29 is 4.79 Å². The Hall–Kier alpha value is -1.39. The van der Waals surface area contributed by atoms with Gasteiger partial charge in [-0.25, -0.2) is 0 Å². The molecule has 1 saturated heterocycles. The highest BCUT2D eigenvalue weighted by atomic mass is 32.1. The summed E-state index contributed by atoms with van der Waals surface area (Å²) in [7, 11) is 0. The first-order valence-electron chi connectivity index (χ1n) is 6.76. The average Bonchev–Trinajstić information content (AvgIpc) is 3.10. The lowest BCUT2D eigenvalue weighted by Crippen LogP contribution is -2.30. The van der Waals surface area contributed by atoms with Gasteiger partial charge in [-0.1, -0.05) is 0 Å². The van der Waals surface area contributed by atoms with E-state index in [0.717, 1.165) is 37.2 Å². The van der Waals surface area contributed by atoms with Gasteiger partial charge in [-0.3, -0.25) is 4.79 Å². The Morgan fingerprint density at radius 3 is 2.95 bits per heavy atom. The number of Topliss-reactive ketones (excluding diaryl/α,β-unsaturated/α-hetero) is 1. The molecule has 100 valence electrons. The van der Waals surface area contributed by atoms with E-state index >= 15 is 0 Å². The van der Waals surface area contributed by atoms with E-state index < -0.39 is 0 Å². The van der Waals surface area contributed by atoms with E-state index in [0.29, 0.717) is 12.5 Å². The molecule has 1 aliphatic heterocycles. The minimum Gasteiger partial charge on any atom is -0.342 e. The van der Waals surface area contributed by atoms with Gasteiger partial charge in [0.2, 0.25) is 0 Å². The minimum atomic E-state index is 0.224. The predicted octanol–water partition coefficient (Wildman–Crippen LogP) is 2.90. The molecular weight excluding hydrogens is 256 g/mol. The Morgan fingerprint density at radius 2 is 2.21 bits per heavy atom. The molecule has 1 fully saturated rings. The molecule has 1 N–H and O–H groups in total. The highest BCUT2D eigenvalue weighted by molar-refractivity contribution is 7.08. The van der Waals surface area contributed by atoms with E-state index in [-0.39, 0.29) is 5.78 Å². The van der Waals surface area contributed by atoms with Crippen molar-refractivity contribution in [3.05, 3.63) is 46.4 Å². The fourth-order valence-corrected chi connectivity index (χ4v) is 3.37. The maximum atomic E-state index is 12.4. The van der Waals surface area contributed by atoms with E-state index in [9.17, 15) is 4.79 Å². The number of carbonyl (C=O) groups excluding carboxylic acids is 1. The van der Waals surface area contributed by atoms with Gasteiger partial charge in [0.05, 0.1) is 5.69 Å². The van der Waals surface area contributed by atoms with Crippen LogP contribution in [0.25, 0.3) is 0 Å². The molecule has 19 heavy (non-hydrogen) atoms. The zero-order chi connectivity index (χ0) is 13.1. The smallest absolute Gasteiger partial charge is 0.183 e. The van der Waals surface area contributed by atoms with Crippen LogP contribution in [0.4, 0.5) is 0 Å². The lowest BCUT2D eigenvalue weighted by Gasteiger charge is -2.25. The lowest BCUT2D eigenvalue weighted by atomic mass is 10.0. The Labute approximate surface area is 117 Å². The van der Waals surface area contributed by atoms with Gasteiger partial charge in [-0.05, 0) is 60.5 Å². The van der Waals surface area contributed by atoms with Gasteiger partial charge in [-0.15, -0.1) is 0 Å². The van der Waals surface area contributed by atoms with Crippen LogP contribution < -0.4 is 5.32 Å². The Kier molecular flexibility index (Phi) is 3.80. The Morgan fingerprint density at radius 1 is 1.37 bits per heavy atom. The summed E-state index contributed by atoms with van der Waals surface area (Å²) >= 11 is 1.64. The molecule has 2 aromatic rings. The van der Waals surface area contributed by atoms with Crippen molar-refractivity contribution in [2.45, 2.75) is 25.3 Å².